The fourth-order valence-corrected chi connectivity index (χ4v) is 3.93. The van der Waals surface area contributed by atoms with Crippen molar-refractivity contribution >= 4 is 23.7 Å². The zero-order chi connectivity index (χ0) is 22.0. The summed E-state index contributed by atoms with van der Waals surface area (Å²) < 4.78 is 18.4. The molecule has 1 saturated heterocycles. The van der Waals surface area contributed by atoms with Crippen LogP contribution in [0.1, 0.15) is 43.9 Å². The molecule has 3 amide bonds. The molecule has 0 aromatic heterocycles. The summed E-state index contributed by atoms with van der Waals surface area (Å²) in [5.41, 5.74) is 1.06. The lowest BCUT2D eigenvalue weighted by atomic mass is 9.97. The van der Waals surface area contributed by atoms with Crippen LogP contribution >= 0.6 is 0 Å². The first kappa shape index (κ1) is 20.7. The second kappa shape index (κ2) is 8.67. The fourth-order valence-electron chi connectivity index (χ4n) is 3.93. The SMILES string of the molecule is O=C(OCCN1C(=O)c2ccccc2C1=O)[C@@H]1CCCN(C(=O)c2ccc(F)cc2)C1. The lowest BCUT2D eigenvalue weighted by molar-refractivity contribution is -0.150. The van der Waals surface area contributed by atoms with Gasteiger partial charge in [0.05, 0.1) is 23.6 Å². The number of amides is 3. The van der Waals surface area contributed by atoms with Gasteiger partial charge in [0.15, 0.2) is 0 Å². The van der Waals surface area contributed by atoms with E-state index in [9.17, 15) is 23.6 Å². The molecule has 2 aliphatic rings. The van der Waals surface area contributed by atoms with Crippen molar-refractivity contribution in [2.45, 2.75) is 12.8 Å². The van der Waals surface area contributed by atoms with Crippen LogP contribution < -0.4 is 0 Å². The molecule has 0 unspecified atom stereocenters. The Balaban J connectivity index is 1.30. The first-order chi connectivity index (χ1) is 15.0. The quantitative estimate of drug-likeness (QED) is 0.544. The van der Waals surface area contributed by atoms with Crippen LogP contribution in [0, 0.1) is 11.7 Å². The molecule has 1 fully saturated rings. The number of halogens is 1. The Morgan fingerprint density at radius 3 is 2.29 bits per heavy atom. The van der Waals surface area contributed by atoms with Gasteiger partial charge in [-0.15, -0.1) is 0 Å². The average molecular weight is 424 g/mol. The molecule has 31 heavy (non-hydrogen) atoms. The smallest absolute Gasteiger partial charge is 0.310 e. The molecule has 0 bridgehead atoms. The Hall–Kier alpha value is -3.55. The Bertz CT molecular complexity index is 1000. The summed E-state index contributed by atoms with van der Waals surface area (Å²) in [6.07, 6.45) is 1.23. The molecule has 160 valence electrons. The van der Waals surface area contributed by atoms with Crippen LogP contribution in [0.3, 0.4) is 0 Å². The minimum absolute atomic E-state index is 0.0248. The van der Waals surface area contributed by atoms with E-state index in [1.54, 1.807) is 29.2 Å². The molecule has 0 aliphatic carbocycles. The minimum atomic E-state index is -0.486. The lowest BCUT2D eigenvalue weighted by Gasteiger charge is -2.31. The van der Waals surface area contributed by atoms with E-state index in [-0.39, 0.29) is 25.6 Å². The van der Waals surface area contributed by atoms with Crippen molar-refractivity contribution in [1.82, 2.24) is 9.80 Å². The number of piperidine rings is 1. The van der Waals surface area contributed by atoms with Crippen LogP contribution in [-0.2, 0) is 9.53 Å². The Morgan fingerprint density at radius 2 is 1.65 bits per heavy atom. The number of hydrogen-bond donors (Lipinski definition) is 0. The number of carbonyl (C=O) groups excluding carboxylic acids is 4. The van der Waals surface area contributed by atoms with Gasteiger partial charge in [0.25, 0.3) is 17.7 Å². The van der Waals surface area contributed by atoms with Gasteiger partial charge in [-0.25, -0.2) is 4.39 Å². The minimum Gasteiger partial charge on any atom is -0.464 e. The number of imide groups is 1. The summed E-state index contributed by atoms with van der Waals surface area (Å²) >= 11 is 0. The zero-order valence-electron chi connectivity index (χ0n) is 16.8. The molecule has 2 aliphatic heterocycles. The molecule has 4 rings (SSSR count). The lowest BCUT2D eigenvalue weighted by Crippen LogP contribution is -2.43. The molecule has 8 heteroatoms. The summed E-state index contributed by atoms with van der Waals surface area (Å²) in [5.74, 6) is -2.43. The van der Waals surface area contributed by atoms with Gasteiger partial charge in [-0.3, -0.25) is 24.1 Å². The van der Waals surface area contributed by atoms with E-state index in [2.05, 4.69) is 0 Å². The van der Waals surface area contributed by atoms with Gasteiger partial charge in [-0.2, -0.15) is 0 Å². The highest BCUT2D eigenvalue weighted by Gasteiger charge is 2.35. The van der Waals surface area contributed by atoms with Gasteiger partial charge in [0.2, 0.25) is 0 Å². The zero-order valence-corrected chi connectivity index (χ0v) is 16.8. The third-order valence-corrected chi connectivity index (χ3v) is 5.57. The van der Waals surface area contributed by atoms with Crippen LogP contribution in [0.2, 0.25) is 0 Å². The van der Waals surface area contributed by atoms with Gasteiger partial charge in [-0.1, -0.05) is 12.1 Å². The largest absolute Gasteiger partial charge is 0.464 e. The van der Waals surface area contributed by atoms with Gasteiger partial charge >= 0.3 is 5.97 Å². The first-order valence-electron chi connectivity index (χ1n) is 10.1. The number of carbonyl (C=O) groups is 4. The Kier molecular flexibility index (Phi) is 5.79. The summed E-state index contributed by atoms with van der Waals surface area (Å²) in [5, 5.41) is 0. The van der Waals surface area contributed by atoms with Crippen molar-refractivity contribution in [2.75, 3.05) is 26.2 Å². The predicted octanol–water partition coefficient (Wildman–Crippen LogP) is 2.52. The number of nitrogens with zero attached hydrogens (tertiary/aromatic N) is 2. The highest BCUT2D eigenvalue weighted by atomic mass is 19.1. The molecule has 7 nitrogen and oxygen atoms in total. The predicted molar refractivity (Wildman–Crippen MR) is 108 cm³/mol. The van der Waals surface area contributed by atoms with Crippen molar-refractivity contribution in [3.8, 4) is 0 Å². The Morgan fingerprint density at radius 1 is 1.00 bits per heavy atom. The van der Waals surface area contributed by atoms with E-state index in [1.165, 1.54) is 24.3 Å². The number of hydrogen-bond acceptors (Lipinski definition) is 5. The van der Waals surface area contributed by atoms with Crippen molar-refractivity contribution < 1.29 is 28.3 Å². The number of rotatable bonds is 5. The van der Waals surface area contributed by atoms with Crippen LogP contribution in [0.4, 0.5) is 4.39 Å². The molecule has 2 heterocycles. The highest BCUT2D eigenvalue weighted by Crippen LogP contribution is 2.23. The summed E-state index contributed by atoms with van der Waals surface area (Å²) in [4.78, 5) is 52.5. The van der Waals surface area contributed by atoms with Crippen molar-refractivity contribution in [2.24, 2.45) is 5.92 Å². The van der Waals surface area contributed by atoms with Crippen LogP contribution in [-0.4, -0.2) is 59.7 Å². The third-order valence-electron chi connectivity index (χ3n) is 5.57. The monoisotopic (exact) mass is 424 g/mol. The van der Waals surface area contributed by atoms with E-state index in [0.29, 0.717) is 36.1 Å². The molecule has 0 radical (unpaired) electrons. The molecular formula is C23H21FN2O5. The maximum Gasteiger partial charge on any atom is 0.310 e. The number of fused-ring (bicyclic) bond motifs is 1. The van der Waals surface area contributed by atoms with Crippen LogP contribution in [0.15, 0.2) is 48.5 Å². The van der Waals surface area contributed by atoms with Crippen LogP contribution in [0.5, 0.6) is 0 Å². The van der Waals surface area contributed by atoms with Gasteiger partial charge in [0, 0.05) is 18.7 Å². The molecular weight excluding hydrogens is 403 g/mol. The number of benzene rings is 2. The van der Waals surface area contributed by atoms with Gasteiger partial charge in [-0.05, 0) is 49.2 Å². The van der Waals surface area contributed by atoms with Gasteiger partial charge < -0.3 is 9.64 Å². The second-order valence-electron chi connectivity index (χ2n) is 7.57. The van der Waals surface area contributed by atoms with Crippen molar-refractivity contribution in [1.29, 1.82) is 0 Å². The summed E-state index contributed by atoms with van der Waals surface area (Å²) in [7, 11) is 0. The number of esters is 1. The van der Waals surface area contributed by atoms with Crippen molar-refractivity contribution in [3.63, 3.8) is 0 Å². The normalized spacial score (nSPS) is 18.2. The molecule has 0 N–H and O–H groups in total. The maximum atomic E-state index is 13.1. The van der Waals surface area contributed by atoms with E-state index >= 15 is 0 Å². The van der Waals surface area contributed by atoms with Gasteiger partial charge in [0.1, 0.15) is 12.4 Å². The van der Waals surface area contributed by atoms with Crippen molar-refractivity contribution in [3.05, 3.63) is 71.0 Å². The standard InChI is InChI=1S/C23H21FN2O5/c24-17-9-7-15(8-10-17)20(27)25-11-3-4-16(14-25)23(30)31-13-12-26-21(28)18-5-1-2-6-19(18)22(26)29/h1-2,5-10,16H,3-4,11-14H2/t16-/m1/s1. The second-order valence-corrected chi connectivity index (χ2v) is 7.57. The Labute approximate surface area is 178 Å². The van der Waals surface area contributed by atoms with E-state index in [4.69, 9.17) is 4.74 Å². The maximum absolute atomic E-state index is 13.1. The summed E-state index contributed by atoms with van der Waals surface area (Å²) in [6.45, 7) is 0.590. The number of likely N-dealkylation sites (tertiary alicyclic amines) is 1. The molecule has 2 aromatic carbocycles. The average Bonchev–Trinajstić information content (AvgIpc) is 3.04. The molecule has 1 atom stereocenters. The first-order valence-corrected chi connectivity index (χ1v) is 10.1. The van der Waals surface area contributed by atoms with E-state index in [0.717, 1.165) is 4.90 Å². The molecule has 0 spiro atoms. The summed E-state index contributed by atoms with van der Waals surface area (Å²) in [6, 6.07) is 11.9. The number of ether oxygens (including phenoxy) is 1. The topological polar surface area (TPSA) is 84.0 Å². The fraction of sp³-hybridized carbons (Fsp3) is 0.304. The van der Waals surface area contributed by atoms with E-state index < -0.39 is 29.5 Å². The van der Waals surface area contributed by atoms with E-state index in [1.807, 2.05) is 0 Å². The molecule has 0 saturated carbocycles. The van der Waals surface area contributed by atoms with Crippen LogP contribution in [0.25, 0.3) is 0 Å². The highest BCUT2D eigenvalue weighted by molar-refractivity contribution is 6.21. The third kappa shape index (κ3) is 4.19. The molecule has 2 aromatic rings.